The standard InChI is InChI=1S/C17H22N2O2S/c1-11-2-6-15(7-3-11)22(20,21)19-18-17-10-13-5-4-12-8-14(17)9-16(12)13/h2-3,6-7,12-14,16,19H,4-5,8-10H2,1H3/b18-17+. The van der Waals surface area contributed by atoms with Crippen molar-refractivity contribution in [2.45, 2.75) is 43.9 Å². The smallest absolute Gasteiger partial charge is 0.200 e. The lowest BCUT2D eigenvalue weighted by atomic mass is 9.80. The van der Waals surface area contributed by atoms with Crippen molar-refractivity contribution in [3.63, 3.8) is 0 Å². The number of hydrazone groups is 1. The number of sulfonamides is 1. The zero-order valence-electron chi connectivity index (χ0n) is 12.8. The number of fused-ring (bicyclic) bond motifs is 1. The Morgan fingerprint density at radius 2 is 1.82 bits per heavy atom. The fourth-order valence-corrected chi connectivity index (χ4v) is 5.53. The van der Waals surface area contributed by atoms with E-state index in [0.29, 0.717) is 5.92 Å². The van der Waals surface area contributed by atoms with E-state index in [1.54, 1.807) is 12.1 Å². The van der Waals surface area contributed by atoms with Crippen molar-refractivity contribution < 1.29 is 8.42 Å². The van der Waals surface area contributed by atoms with Gasteiger partial charge in [-0.15, -0.1) is 0 Å². The summed E-state index contributed by atoms with van der Waals surface area (Å²) in [6.45, 7) is 1.94. The van der Waals surface area contributed by atoms with E-state index in [9.17, 15) is 8.42 Å². The number of aryl methyl sites for hydroxylation is 1. The summed E-state index contributed by atoms with van der Waals surface area (Å²) in [5, 5.41) is 4.33. The van der Waals surface area contributed by atoms with Gasteiger partial charge >= 0.3 is 0 Å². The van der Waals surface area contributed by atoms with Gasteiger partial charge in [-0.2, -0.15) is 13.5 Å². The van der Waals surface area contributed by atoms with E-state index in [-0.39, 0.29) is 4.90 Å². The molecule has 3 saturated carbocycles. The van der Waals surface area contributed by atoms with E-state index < -0.39 is 10.0 Å². The van der Waals surface area contributed by atoms with Crippen molar-refractivity contribution in [3.05, 3.63) is 29.8 Å². The normalized spacial score (nSPS) is 35.0. The highest BCUT2D eigenvalue weighted by Gasteiger charge is 2.49. The molecule has 1 aromatic rings. The maximum Gasteiger partial charge on any atom is 0.276 e. The lowest BCUT2D eigenvalue weighted by molar-refractivity contribution is 0.343. The number of nitrogens with one attached hydrogen (secondary N) is 1. The Morgan fingerprint density at radius 3 is 2.59 bits per heavy atom. The van der Waals surface area contributed by atoms with E-state index in [0.717, 1.165) is 35.4 Å². The molecule has 3 fully saturated rings. The fourth-order valence-electron chi connectivity index (χ4n) is 4.70. The third-order valence-electron chi connectivity index (χ3n) is 5.85. The maximum absolute atomic E-state index is 12.3. The van der Waals surface area contributed by atoms with Crippen LogP contribution >= 0.6 is 0 Å². The number of rotatable bonds is 3. The Hall–Kier alpha value is -1.36. The number of hydrogen-bond acceptors (Lipinski definition) is 3. The molecule has 4 nitrogen and oxygen atoms in total. The summed E-state index contributed by atoms with van der Waals surface area (Å²) in [6.07, 6.45) is 6.09. The molecule has 4 unspecified atom stereocenters. The van der Waals surface area contributed by atoms with Gasteiger partial charge in [0.2, 0.25) is 0 Å². The van der Waals surface area contributed by atoms with Crippen molar-refractivity contribution in [2.75, 3.05) is 0 Å². The molecule has 3 aliphatic rings. The summed E-state index contributed by atoms with van der Waals surface area (Å²) >= 11 is 0. The third-order valence-corrected chi connectivity index (χ3v) is 7.07. The Morgan fingerprint density at radius 1 is 1.09 bits per heavy atom. The molecular weight excluding hydrogens is 296 g/mol. The average Bonchev–Trinajstić information content (AvgIpc) is 3.02. The molecule has 0 saturated heterocycles. The summed E-state index contributed by atoms with van der Waals surface area (Å²) < 4.78 is 24.7. The van der Waals surface area contributed by atoms with Crippen LogP contribution < -0.4 is 4.83 Å². The Bertz CT molecular complexity index is 707. The van der Waals surface area contributed by atoms with Gasteiger partial charge in [-0.3, -0.25) is 0 Å². The highest BCUT2D eigenvalue weighted by molar-refractivity contribution is 7.89. The molecule has 0 heterocycles. The topological polar surface area (TPSA) is 58.5 Å². The van der Waals surface area contributed by atoms with E-state index >= 15 is 0 Å². The average molecular weight is 318 g/mol. The minimum atomic E-state index is -3.54. The maximum atomic E-state index is 12.3. The molecule has 1 N–H and O–H groups in total. The van der Waals surface area contributed by atoms with Crippen LogP contribution in [0.1, 0.15) is 37.7 Å². The van der Waals surface area contributed by atoms with E-state index in [1.807, 2.05) is 19.1 Å². The van der Waals surface area contributed by atoms with Crippen LogP contribution in [0.5, 0.6) is 0 Å². The van der Waals surface area contributed by atoms with Gasteiger partial charge in [0, 0.05) is 5.71 Å². The largest absolute Gasteiger partial charge is 0.276 e. The van der Waals surface area contributed by atoms with Crippen LogP contribution in [0.3, 0.4) is 0 Å². The highest BCUT2D eigenvalue weighted by Crippen LogP contribution is 2.55. The van der Waals surface area contributed by atoms with E-state index in [1.165, 1.54) is 25.7 Å². The summed E-state index contributed by atoms with van der Waals surface area (Å²) in [7, 11) is -3.54. The Balaban J connectivity index is 1.53. The predicted molar refractivity (Wildman–Crippen MR) is 86.0 cm³/mol. The molecule has 4 atom stereocenters. The Labute approximate surface area is 132 Å². The van der Waals surface area contributed by atoms with Crippen molar-refractivity contribution in [1.29, 1.82) is 0 Å². The second-order valence-corrected chi connectivity index (χ2v) is 8.81. The molecule has 5 heteroatoms. The molecule has 118 valence electrons. The van der Waals surface area contributed by atoms with Crippen molar-refractivity contribution >= 4 is 15.7 Å². The molecule has 2 bridgehead atoms. The van der Waals surface area contributed by atoms with Gasteiger partial charge in [-0.25, -0.2) is 4.83 Å². The van der Waals surface area contributed by atoms with Gasteiger partial charge in [0.25, 0.3) is 10.0 Å². The van der Waals surface area contributed by atoms with Crippen LogP contribution in [0.2, 0.25) is 0 Å². The lowest BCUT2D eigenvalue weighted by Gasteiger charge is -2.27. The van der Waals surface area contributed by atoms with Gasteiger partial charge in [0.05, 0.1) is 4.90 Å². The highest BCUT2D eigenvalue weighted by atomic mass is 32.2. The molecule has 1 aromatic carbocycles. The first-order chi connectivity index (χ1) is 10.5. The van der Waals surface area contributed by atoms with Crippen LogP contribution in [0.4, 0.5) is 0 Å². The Kier molecular flexibility index (Phi) is 3.29. The summed E-state index contributed by atoms with van der Waals surface area (Å²) in [4.78, 5) is 2.75. The van der Waals surface area contributed by atoms with Crippen LogP contribution in [-0.4, -0.2) is 14.1 Å². The first-order valence-electron chi connectivity index (χ1n) is 8.18. The van der Waals surface area contributed by atoms with Crippen LogP contribution in [0.15, 0.2) is 34.3 Å². The van der Waals surface area contributed by atoms with E-state index in [2.05, 4.69) is 9.93 Å². The van der Waals surface area contributed by atoms with Crippen molar-refractivity contribution in [2.24, 2.45) is 28.8 Å². The second kappa shape index (κ2) is 5.08. The SMILES string of the molecule is Cc1ccc(S(=O)(=O)N/N=C2\CC3CCC4CC2CC34)cc1. The predicted octanol–water partition coefficient (Wildman–Crippen LogP) is 3.09. The first-order valence-corrected chi connectivity index (χ1v) is 9.66. The van der Waals surface area contributed by atoms with Gasteiger partial charge in [0.1, 0.15) is 0 Å². The van der Waals surface area contributed by atoms with E-state index in [4.69, 9.17) is 0 Å². The van der Waals surface area contributed by atoms with Crippen molar-refractivity contribution in [3.8, 4) is 0 Å². The molecule has 0 aliphatic heterocycles. The summed E-state index contributed by atoms with van der Waals surface area (Å²) in [5.74, 6) is 3.01. The van der Waals surface area contributed by atoms with Gasteiger partial charge in [0.15, 0.2) is 0 Å². The minimum absolute atomic E-state index is 0.282. The van der Waals surface area contributed by atoms with Crippen LogP contribution in [0.25, 0.3) is 0 Å². The lowest BCUT2D eigenvalue weighted by Crippen LogP contribution is -2.28. The monoisotopic (exact) mass is 318 g/mol. The molecule has 3 aliphatic carbocycles. The number of hydrogen-bond donors (Lipinski definition) is 1. The first kappa shape index (κ1) is 14.2. The molecule has 0 radical (unpaired) electrons. The zero-order valence-corrected chi connectivity index (χ0v) is 13.6. The van der Waals surface area contributed by atoms with Gasteiger partial charge in [-0.1, -0.05) is 17.7 Å². The quantitative estimate of drug-likeness (QED) is 0.871. The van der Waals surface area contributed by atoms with Crippen LogP contribution in [0, 0.1) is 30.6 Å². The number of nitrogens with zero attached hydrogens (tertiary/aromatic N) is 1. The molecule has 4 rings (SSSR count). The van der Waals surface area contributed by atoms with Crippen molar-refractivity contribution in [1.82, 2.24) is 4.83 Å². The summed E-state index contributed by atoms with van der Waals surface area (Å²) in [5.41, 5.74) is 2.13. The molecule has 22 heavy (non-hydrogen) atoms. The zero-order chi connectivity index (χ0) is 15.3. The van der Waals surface area contributed by atoms with Gasteiger partial charge in [-0.05, 0) is 74.8 Å². The van der Waals surface area contributed by atoms with Gasteiger partial charge < -0.3 is 0 Å². The minimum Gasteiger partial charge on any atom is -0.200 e. The molecule has 0 amide bonds. The molecular formula is C17H22N2O2S. The summed E-state index contributed by atoms with van der Waals surface area (Å²) in [6, 6.07) is 6.88. The fraction of sp³-hybridized carbons (Fsp3) is 0.588. The molecule has 0 spiro atoms. The molecule has 0 aromatic heterocycles. The second-order valence-electron chi connectivity index (χ2n) is 7.14. The third kappa shape index (κ3) is 2.35. The van der Waals surface area contributed by atoms with Crippen LogP contribution in [-0.2, 0) is 10.0 Å². The number of benzene rings is 1.